The molecule has 0 N–H and O–H groups in total. The monoisotopic (exact) mass is 689 g/mol. The molecule has 10 rings (SSSR count). The van der Waals surface area contributed by atoms with E-state index in [0.717, 1.165) is 50.5 Å². The Labute approximate surface area is 314 Å². The van der Waals surface area contributed by atoms with Gasteiger partial charge >= 0.3 is 0 Å². The van der Waals surface area contributed by atoms with Crippen LogP contribution >= 0.6 is 0 Å². The van der Waals surface area contributed by atoms with E-state index in [4.69, 9.17) is 4.42 Å². The van der Waals surface area contributed by atoms with E-state index in [0.29, 0.717) is 0 Å². The van der Waals surface area contributed by atoms with Crippen LogP contribution in [0.4, 0.5) is 17.1 Å². The molecule has 0 bridgehead atoms. The zero-order chi connectivity index (χ0) is 35.8. The lowest BCUT2D eigenvalue weighted by Gasteiger charge is -2.26. The van der Waals surface area contributed by atoms with E-state index >= 15 is 0 Å². The van der Waals surface area contributed by atoms with Crippen molar-refractivity contribution in [3.05, 3.63) is 212 Å². The minimum atomic E-state index is 0.874. The van der Waals surface area contributed by atoms with Crippen LogP contribution in [0.5, 0.6) is 0 Å². The fraction of sp³-hybridized carbons (Fsp3) is 0. The molecular formula is C52H35NO. The van der Waals surface area contributed by atoms with E-state index in [1.165, 1.54) is 43.8 Å². The average molecular weight is 690 g/mol. The normalized spacial score (nSPS) is 11.3. The molecule has 0 saturated heterocycles. The summed E-state index contributed by atoms with van der Waals surface area (Å²) in [7, 11) is 0. The maximum atomic E-state index is 6.21. The average Bonchev–Trinajstić information content (AvgIpc) is 3.69. The van der Waals surface area contributed by atoms with Gasteiger partial charge in [0.15, 0.2) is 0 Å². The number of rotatable bonds is 7. The molecule has 0 aliphatic carbocycles. The molecule has 1 heterocycles. The third-order valence-corrected chi connectivity index (χ3v) is 10.4. The van der Waals surface area contributed by atoms with Crippen LogP contribution in [-0.2, 0) is 0 Å². The van der Waals surface area contributed by atoms with E-state index in [1.807, 2.05) is 18.2 Å². The molecular weight excluding hydrogens is 655 g/mol. The third kappa shape index (κ3) is 5.90. The Morgan fingerprint density at radius 2 is 0.870 bits per heavy atom. The summed E-state index contributed by atoms with van der Waals surface area (Å²) in [5.41, 5.74) is 12.3. The highest BCUT2D eigenvalue weighted by Gasteiger charge is 2.16. The van der Waals surface area contributed by atoms with Gasteiger partial charge in [0.2, 0.25) is 0 Å². The molecule has 0 saturated carbocycles. The minimum Gasteiger partial charge on any atom is -0.456 e. The van der Waals surface area contributed by atoms with Crippen LogP contribution in [0, 0.1) is 0 Å². The lowest BCUT2D eigenvalue weighted by Crippen LogP contribution is -2.10. The fourth-order valence-electron chi connectivity index (χ4n) is 7.69. The van der Waals surface area contributed by atoms with Crippen molar-refractivity contribution < 1.29 is 4.42 Å². The second-order valence-electron chi connectivity index (χ2n) is 13.8. The quantitative estimate of drug-likeness (QED) is 0.166. The lowest BCUT2D eigenvalue weighted by atomic mass is 9.97. The molecule has 54 heavy (non-hydrogen) atoms. The first-order chi connectivity index (χ1) is 26.7. The Bertz CT molecular complexity index is 2900. The van der Waals surface area contributed by atoms with Crippen LogP contribution < -0.4 is 4.90 Å². The fourth-order valence-corrected chi connectivity index (χ4v) is 7.69. The van der Waals surface area contributed by atoms with Gasteiger partial charge in [-0.1, -0.05) is 152 Å². The number of hydrogen-bond donors (Lipinski definition) is 0. The van der Waals surface area contributed by atoms with E-state index in [-0.39, 0.29) is 0 Å². The van der Waals surface area contributed by atoms with Gasteiger partial charge in [-0.3, -0.25) is 0 Å². The van der Waals surface area contributed by atoms with Crippen molar-refractivity contribution >= 4 is 49.6 Å². The zero-order valence-corrected chi connectivity index (χ0v) is 29.6. The molecule has 254 valence electrons. The summed E-state index contributed by atoms with van der Waals surface area (Å²) in [5, 5.41) is 6.09. The Balaban J connectivity index is 1.04. The largest absolute Gasteiger partial charge is 0.456 e. The molecule has 2 nitrogen and oxygen atoms in total. The molecule has 9 aromatic carbocycles. The van der Waals surface area contributed by atoms with E-state index in [1.54, 1.807) is 0 Å². The highest BCUT2D eigenvalue weighted by molar-refractivity contribution is 5.97. The maximum Gasteiger partial charge on any atom is 0.135 e. The number of hydrogen-bond acceptors (Lipinski definition) is 2. The highest BCUT2D eigenvalue weighted by Crippen LogP contribution is 2.40. The summed E-state index contributed by atoms with van der Waals surface area (Å²) < 4.78 is 6.21. The van der Waals surface area contributed by atoms with Crippen molar-refractivity contribution in [2.75, 3.05) is 4.90 Å². The van der Waals surface area contributed by atoms with Crippen molar-refractivity contribution in [1.82, 2.24) is 0 Å². The SMILES string of the molecule is c1cc(-c2ccc(N(c3ccc(-c4cccc5ccccc45)cc3)c3cccc(-c4ccc5ccccc5c4)c3)cc2)cc(-c2cc3ccccc3o2)c1. The minimum absolute atomic E-state index is 0.874. The molecule has 1 aromatic heterocycles. The summed E-state index contributed by atoms with van der Waals surface area (Å²) in [6.45, 7) is 0. The standard InChI is InChI=1S/C52H35NO/c1-2-12-40-32-43(23-22-36(40)10-1)42-16-8-18-48(34-42)53(47-30-26-39(27-31-47)50-20-9-14-38-11-3-5-19-49(38)50)46-28-24-37(25-29-46)41-15-7-17-44(33-41)52-35-45-13-4-6-21-51(45)54-52/h1-35H. The highest BCUT2D eigenvalue weighted by atomic mass is 16.3. The van der Waals surface area contributed by atoms with Crippen molar-refractivity contribution in [3.8, 4) is 44.7 Å². The number of furan rings is 1. The van der Waals surface area contributed by atoms with Gasteiger partial charge in [-0.25, -0.2) is 0 Å². The van der Waals surface area contributed by atoms with Gasteiger partial charge in [0.1, 0.15) is 11.3 Å². The van der Waals surface area contributed by atoms with E-state index in [9.17, 15) is 0 Å². The van der Waals surface area contributed by atoms with Gasteiger partial charge in [-0.15, -0.1) is 0 Å². The molecule has 0 amide bonds. The van der Waals surface area contributed by atoms with Crippen molar-refractivity contribution in [1.29, 1.82) is 0 Å². The summed E-state index contributed by atoms with van der Waals surface area (Å²) in [4.78, 5) is 2.35. The summed E-state index contributed by atoms with van der Waals surface area (Å²) in [6.07, 6.45) is 0. The van der Waals surface area contributed by atoms with Gasteiger partial charge in [-0.05, 0) is 116 Å². The van der Waals surface area contributed by atoms with Gasteiger partial charge in [0.05, 0.1) is 0 Å². The van der Waals surface area contributed by atoms with Crippen LogP contribution in [0.1, 0.15) is 0 Å². The third-order valence-electron chi connectivity index (χ3n) is 10.4. The van der Waals surface area contributed by atoms with Crippen molar-refractivity contribution in [2.24, 2.45) is 0 Å². The van der Waals surface area contributed by atoms with Gasteiger partial charge in [0.25, 0.3) is 0 Å². The van der Waals surface area contributed by atoms with Gasteiger partial charge < -0.3 is 9.32 Å². The Hall–Kier alpha value is -7.16. The molecule has 0 unspecified atom stereocenters. The number of para-hydroxylation sites is 1. The molecule has 0 atom stereocenters. The molecule has 0 radical (unpaired) electrons. The first-order valence-corrected chi connectivity index (χ1v) is 18.4. The summed E-state index contributed by atoms with van der Waals surface area (Å²) >= 11 is 0. The van der Waals surface area contributed by atoms with E-state index in [2.05, 4.69) is 199 Å². The summed E-state index contributed by atoms with van der Waals surface area (Å²) in [6, 6.07) is 76.0. The smallest absolute Gasteiger partial charge is 0.135 e. The van der Waals surface area contributed by atoms with Crippen molar-refractivity contribution in [2.45, 2.75) is 0 Å². The molecule has 0 aliphatic heterocycles. The number of anilines is 3. The van der Waals surface area contributed by atoms with Crippen LogP contribution in [0.2, 0.25) is 0 Å². The Morgan fingerprint density at radius 1 is 0.296 bits per heavy atom. The van der Waals surface area contributed by atoms with Crippen LogP contribution in [0.3, 0.4) is 0 Å². The second kappa shape index (κ2) is 13.4. The zero-order valence-electron chi connectivity index (χ0n) is 29.6. The van der Waals surface area contributed by atoms with E-state index < -0.39 is 0 Å². The first-order valence-electron chi connectivity index (χ1n) is 18.4. The molecule has 0 spiro atoms. The van der Waals surface area contributed by atoms with Crippen LogP contribution in [0.15, 0.2) is 217 Å². The first kappa shape index (κ1) is 31.6. The predicted octanol–water partition coefficient (Wildman–Crippen LogP) is 14.9. The number of benzene rings is 9. The lowest BCUT2D eigenvalue weighted by molar-refractivity contribution is 0.631. The predicted molar refractivity (Wildman–Crippen MR) is 228 cm³/mol. The van der Waals surface area contributed by atoms with Crippen LogP contribution in [-0.4, -0.2) is 0 Å². The Kier molecular flexibility index (Phi) is 7.85. The Morgan fingerprint density at radius 3 is 1.67 bits per heavy atom. The van der Waals surface area contributed by atoms with Gasteiger partial charge in [-0.2, -0.15) is 0 Å². The van der Waals surface area contributed by atoms with Crippen molar-refractivity contribution in [3.63, 3.8) is 0 Å². The molecule has 10 aromatic rings. The second-order valence-corrected chi connectivity index (χ2v) is 13.8. The number of nitrogens with zero attached hydrogens (tertiary/aromatic N) is 1. The number of fused-ring (bicyclic) bond motifs is 3. The van der Waals surface area contributed by atoms with Gasteiger partial charge in [0, 0.05) is 28.0 Å². The van der Waals surface area contributed by atoms with Crippen LogP contribution in [0.25, 0.3) is 77.2 Å². The maximum absolute atomic E-state index is 6.21. The molecule has 0 aliphatic rings. The molecule has 2 heteroatoms. The summed E-state index contributed by atoms with van der Waals surface area (Å²) in [5.74, 6) is 0.874. The molecule has 0 fully saturated rings. The topological polar surface area (TPSA) is 16.4 Å².